The Labute approximate surface area is 94.8 Å². The van der Waals surface area contributed by atoms with Crippen molar-refractivity contribution >= 4 is 0 Å². The molecule has 0 aromatic rings. The van der Waals surface area contributed by atoms with Crippen LogP contribution in [0.4, 0.5) is 0 Å². The fourth-order valence-corrected chi connectivity index (χ4v) is 2.53. The molecule has 0 bridgehead atoms. The van der Waals surface area contributed by atoms with Crippen molar-refractivity contribution in [1.29, 1.82) is 0 Å². The summed E-state index contributed by atoms with van der Waals surface area (Å²) in [5, 5.41) is 3.44. The second-order valence-corrected chi connectivity index (χ2v) is 4.77. The minimum atomic E-state index is 0.316. The van der Waals surface area contributed by atoms with Crippen LogP contribution in [0.3, 0.4) is 0 Å². The van der Waals surface area contributed by atoms with Gasteiger partial charge in [-0.2, -0.15) is 0 Å². The number of rotatable bonds is 7. The Morgan fingerprint density at radius 1 is 1.33 bits per heavy atom. The molecule has 0 saturated carbocycles. The lowest BCUT2D eigenvalue weighted by molar-refractivity contribution is 0.0315. The summed E-state index contributed by atoms with van der Waals surface area (Å²) in [6, 6.07) is 0. The summed E-state index contributed by atoms with van der Waals surface area (Å²) < 4.78 is 5.69. The molecule has 0 aromatic carbocycles. The van der Waals surface area contributed by atoms with Gasteiger partial charge in [-0.15, -0.1) is 0 Å². The number of hydrogen-bond acceptors (Lipinski definition) is 2. The Morgan fingerprint density at radius 2 is 2.13 bits per heavy atom. The van der Waals surface area contributed by atoms with E-state index >= 15 is 0 Å². The summed E-state index contributed by atoms with van der Waals surface area (Å²) in [5.74, 6) is 1.49. The van der Waals surface area contributed by atoms with Crippen LogP contribution in [-0.4, -0.2) is 19.4 Å². The molecule has 0 radical (unpaired) electrons. The summed E-state index contributed by atoms with van der Waals surface area (Å²) in [6.45, 7) is 8.83. The van der Waals surface area contributed by atoms with E-state index in [4.69, 9.17) is 4.74 Å². The second kappa shape index (κ2) is 7.24. The maximum Gasteiger partial charge on any atom is 0.111 e. The minimum absolute atomic E-state index is 0.316. The molecule has 1 heterocycles. The molecular weight excluding hydrogens is 186 g/mol. The van der Waals surface area contributed by atoms with Crippen LogP contribution in [0.1, 0.15) is 52.9 Å². The van der Waals surface area contributed by atoms with E-state index in [0.29, 0.717) is 12.1 Å². The molecule has 1 rings (SSSR count). The summed E-state index contributed by atoms with van der Waals surface area (Å²) in [4.78, 5) is 0. The molecule has 1 aliphatic rings. The SMILES string of the molecule is CCCCCC(CC)C(C)C1NCCO1. The first-order valence-corrected chi connectivity index (χ1v) is 6.64. The monoisotopic (exact) mass is 213 g/mol. The molecule has 0 aromatic heterocycles. The van der Waals surface area contributed by atoms with Crippen LogP contribution in [0.5, 0.6) is 0 Å². The summed E-state index contributed by atoms with van der Waals surface area (Å²) >= 11 is 0. The maximum absolute atomic E-state index is 5.69. The average Bonchev–Trinajstić information content (AvgIpc) is 2.77. The zero-order valence-electron chi connectivity index (χ0n) is 10.6. The summed E-state index contributed by atoms with van der Waals surface area (Å²) in [5.41, 5.74) is 0. The van der Waals surface area contributed by atoms with Crippen molar-refractivity contribution in [2.24, 2.45) is 11.8 Å². The van der Waals surface area contributed by atoms with Crippen LogP contribution in [0.2, 0.25) is 0 Å². The Balaban J connectivity index is 2.28. The molecular formula is C13H27NO. The molecule has 3 unspecified atom stereocenters. The van der Waals surface area contributed by atoms with Gasteiger partial charge in [-0.3, -0.25) is 5.32 Å². The van der Waals surface area contributed by atoms with E-state index < -0.39 is 0 Å². The van der Waals surface area contributed by atoms with E-state index in [2.05, 4.69) is 26.1 Å². The predicted molar refractivity (Wildman–Crippen MR) is 64.8 cm³/mol. The summed E-state index contributed by atoms with van der Waals surface area (Å²) in [6.07, 6.45) is 7.05. The van der Waals surface area contributed by atoms with Crippen molar-refractivity contribution in [2.45, 2.75) is 59.1 Å². The lowest BCUT2D eigenvalue weighted by Crippen LogP contribution is -2.34. The van der Waals surface area contributed by atoms with Crippen LogP contribution < -0.4 is 5.32 Å². The number of unbranched alkanes of at least 4 members (excludes halogenated alkanes) is 2. The van der Waals surface area contributed by atoms with E-state index in [0.717, 1.165) is 19.1 Å². The van der Waals surface area contributed by atoms with Crippen LogP contribution in [0.15, 0.2) is 0 Å². The molecule has 1 aliphatic heterocycles. The fourth-order valence-electron chi connectivity index (χ4n) is 2.53. The van der Waals surface area contributed by atoms with Crippen molar-refractivity contribution in [3.63, 3.8) is 0 Å². The van der Waals surface area contributed by atoms with E-state index in [1.165, 1.54) is 32.1 Å². The number of hydrogen-bond donors (Lipinski definition) is 1. The molecule has 0 amide bonds. The van der Waals surface area contributed by atoms with Crippen molar-refractivity contribution in [1.82, 2.24) is 5.32 Å². The van der Waals surface area contributed by atoms with Gasteiger partial charge in [0.15, 0.2) is 0 Å². The van der Waals surface area contributed by atoms with Gasteiger partial charge < -0.3 is 4.74 Å². The average molecular weight is 213 g/mol. The molecule has 15 heavy (non-hydrogen) atoms. The Bertz CT molecular complexity index is 155. The zero-order valence-corrected chi connectivity index (χ0v) is 10.6. The Kier molecular flexibility index (Phi) is 6.26. The predicted octanol–water partition coefficient (Wildman–Crippen LogP) is 3.17. The maximum atomic E-state index is 5.69. The molecule has 0 aliphatic carbocycles. The highest BCUT2D eigenvalue weighted by Crippen LogP contribution is 2.26. The Morgan fingerprint density at radius 3 is 2.67 bits per heavy atom. The van der Waals surface area contributed by atoms with Crippen molar-refractivity contribution < 1.29 is 4.74 Å². The molecule has 90 valence electrons. The number of nitrogens with one attached hydrogen (secondary N) is 1. The minimum Gasteiger partial charge on any atom is -0.362 e. The first-order valence-electron chi connectivity index (χ1n) is 6.64. The van der Waals surface area contributed by atoms with E-state index in [1.807, 2.05) is 0 Å². The Hall–Kier alpha value is -0.0800. The van der Waals surface area contributed by atoms with E-state index in [-0.39, 0.29) is 0 Å². The van der Waals surface area contributed by atoms with Gasteiger partial charge in [-0.25, -0.2) is 0 Å². The molecule has 2 nitrogen and oxygen atoms in total. The van der Waals surface area contributed by atoms with Gasteiger partial charge in [0.25, 0.3) is 0 Å². The fraction of sp³-hybridized carbons (Fsp3) is 1.00. The highest BCUT2D eigenvalue weighted by molar-refractivity contribution is 4.75. The van der Waals surface area contributed by atoms with Gasteiger partial charge in [0.1, 0.15) is 6.23 Å². The smallest absolute Gasteiger partial charge is 0.111 e. The van der Waals surface area contributed by atoms with Crippen molar-refractivity contribution in [3.8, 4) is 0 Å². The molecule has 1 N–H and O–H groups in total. The molecule has 1 fully saturated rings. The van der Waals surface area contributed by atoms with Crippen molar-refractivity contribution in [3.05, 3.63) is 0 Å². The zero-order chi connectivity index (χ0) is 11.1. The van der Waals surface area contributed by atoms with Gasteiger partial charge in [0.05, 0.1) is 6.61 Å². The lowest BCUT2D eigenvalue weighted by Gasteiger charge is -2.27. The normalized spacial score (nSPS) is 25.4. The molecule has 3 atom stereocenters. The number of ether oxygens (including phenoxy) is 1. The quantitative estimate of drug-likeness (QED) is 0.656. The molecule has 2 heteroatoms. The van der Waals surface area contributed by atoms with Gasteiger partial charge in [-0.05, 0) is 11.8 Å². The third-order valence-electron chi connectivity index (χ3n) is 3.67. The molecule has 1 saturated heterocycles. The summed E-state index contributed by atoms with van der Waals surface area (Å²) in [7, 11) is 0. The van der Waals surface area contributed by atoms with E-state index in [1.54, 1.807) is 0 Å². The van der Waals surface area contributed by atoms with Gasteiger partial charge >= 0.3 is 0 Å². The van der Waals surface area contributed by atoms with Gasteiger partial charge in [-0.1, -0.05) is 52.9 Å². The first kappa shape index (κ1) is 13.0. The van der Waals surface area contributed by atoms with E-state index in [9.17, 15) is 0 Å². The molecule has 0 spiro atoms. The third-order valence-corrected chi connectivity index (χ3v) is 3.67. The largest absolute Gasteiger partial charge is 0.362 e. The standard InChI is InChI=1S/C13H27NO/c1-4-6-7-8-12(5-2)11(3)13-14-9-10-15-13/h11-14H,4-10H2,1-3H3. The van der Waals surface area contributed by atoms with Gasteiger partial charge in [0.2, 0.25) is 0 Å². The highest BCUT2D eigenvalue weighted by atomic mass is 16.5. The van der Waals surface area contributed by atoms with Gasteiger partial charge in [0, 0.05) is 6.54 Å². The topological polar surface area (TPSA) is 21.3 Å². The highest BCUT2D eigenvalue weighted by Gasteiger charge is 2.27. The third kappa shape index (κ3) is 4.12. The van der Waals surface area contributed by atoms with Crippen LogP contribution >= 0.6 is 0 Å². The lowest BCUT2D eigenvalue weighted by atomic mass is 9.86. The van der Waals surface area contributed by atoms with Crippen LogP contribution in [0, 0.1) is 11.8 Å². The van der Waals surface area contributed by atoms with Crippen LogP contribution in [-0.2, 0) is 4.74 Å². The van der Waals surface area contributed by atoms with Crippen molar-refractivity contribution in [2.75, 3.05) is 13.2 Å². The van der Waals surface area contributed by atoms with Crippen LogP contribution in [0.25, 0.3) is 0 Å². The second-order valence-electron chi connectivity index (χ2n) is 4.77. The first-order chi connectivity index (χ1) is 7.29.